The molecule has 0 saturated heterocycles. The number of anilines is 2. The molecule has 106 valence electrons. The number of hydrogen-bond donors (Lipinski definition) is 2. The van der Waals surface area contributed by atoms with Gasteiger partial charge in [0.2, 0.25) is 0 Å². The molecule has 3 nitrogen and oxygen atoms in total. The monoisotopic (exact) mass is 345 g/mol. The van der Waals surface area contributed by atoms with Crippen molar-refractivity contribution in [1.29, 1.82) is 0 Å². The van der Waals surface area contributed by atoms with Crippen LogP contribution < -0.4 is 5.32 Å². The molecule has 2 N–H and O–H groups in total. The molecule has 0 heterocycles. The molecule has 0 amide bonds. The Hall–Kier alpha value is -1.88. The zero-order chi connectivity index (χ0) is 14.8. The quantitative estimate of drug-likeness (QED) is 0.821. The number of hydrogen-bond acceptors (Lipinski definition) is 2. The first-order valence-electron chi connectivity index (χ1n) is 5.64. The number of para-hydroxylation sites is 1. The summed E-state index contributed by atoms with van der Waals surface area (Å²) in [5.74, 6) is -1.15. The van der Waals surface area contributed by atoms with Gasteiger partial charge in [0.15, 0.2) is 0 Å². The first-order valence-corrected chi connectivity index (χ1v) is 5.64. The normalized spacial score (nSPS) is 10.6. The fourth-order valence-corrected chi connectivity index (χ4v) is 1.71. The first kappa shape index (κ1) is 17.2. The maximum absolute atomic E-state index is 12.6. The Labute approximate surface area is 131 Å². The van der Waals surface area contributed by atoms with Crippen LogP contribution in [0.5, 0.6) is 0 Å². The number of carboxylic acid groups (broad SMARTS) is 1. The van der Waals surface area contributed by atoms with Crippen LogP contribution in [0.25, 0.3) is 0 Å². The van der Waals surface area contributed by atoms with Crippen LogP contribution in [-0.2, 0) is 25.7 Å². The van der Waals surface area contributed by atoms with Crippen molar-refractivity contribution in [3.05, 3.63) is 59.7 Å². The van der Waals surface area contributed by atoms with Crippen LogP contribution in [0.4, 0.5) is 24.5 Å². The van der Waals surface area contributed by atoms with Crippen LogP contribution in [0.3, 0.4) is 0 Å². The van der Waals surface area contributed by atoms with E-state index >= 15 is 0 Å². The Kier molecular flexibility index (Phi) is 5.50. The van der Waals surface area contributed by atoms with E-state index in [1.807, 2.05) is 0 Å². The van der Waals surface area contributed by atoms with E-state index in [0.717, 1.165) is 12.1 Å². The number of halogens is 3. The van der Waals surface area contributed by atoms with Crippen LogP contribution in [-0.4, -0.2) is 11.1 Å². The summed E-state index contributed by atoms with van der Waals surface area (Å²) in [6, 6.07) is 10.6. The molecular weight excluding hydrogens is 337 g/mol. The van der Waals surface area contributed by atoms with E-state index in [0.29, 0.717) is 0 Å². The van der Waals surface area contributed by atoms with Gasteiger partial charge in [-0.1, -0.05) is 18.2 Å². The molecule has 0 bridgehead atoms. The van der Waals surface area contributed by atoms with Crippen LogP contribution in [0, 0.1) is 0 Å². The Morgan fingerprint density at radius 1 is 1.05 bits per heavy atom. The van der Waals surface area contributed by atoms with Crippen LogP contribution in [0.2, 0.25) is 0 Å². The minimum absolute atomic E-state index is 0. The van der Waals surface area contributed by atoms with Crippen LogP contribution in [0.1, 0.15) is 15.9 Å². The zero-order valence-electron chi connectivity index (χ0n) is 10.8. The summed E-state index contributed by atoms with van der Waals surface area (Å²) in [7, 11) is 0. The van der Waals surface area contributed by atoms with Gasteiger partial charge in [-0.05, 0) is 30.3 Å². The second-order valence-corrected chi connectivity index (χ2v) is 4.05. The van der Waals surface area contributed by atoms with Gasteiger partial charge < -0.3 is 10.4 Å². The minimum atomic E-state index is -4.44. The molecule has 0 atom stereocenters. The van der Waals surface area contributed by atoms with Gasteiger partial charge >= 0.3 is 12.1 Å². The van der Waals surface area contributed by atoms with Crippen LogP contribution in [0.15, 0.2) is 48.5 Å². The average Bonchev–Trinajstić information content (AvgIpc) is 2.38. The van der Waals surface area contributed by atoms with E-state index in [1.165, 1.54) is 24.3 Å². The summed E-state index contributed by atoms with van der Waals surface area (Å²) < 4.78 is 37.8. The molecule has 2 rings (SSSR count). The van der Waals surface area contributed by atoms with Crippen molar-refractivity contribution < 1.29 is 42.6 Å². The number of aromatic carboxylic acids is 1. The summed E-state index contributed by atoms with van der Waals surface area (Å²) in [6.45, 7) is 0. The van der Waals surface area contributed by atoms with Gasteiger partial charge in [-0.2, -0.15) is 13.2 Å². The molecule has 7 heteroatoms. The van der Waals surface area contributed by atoms with Gasteiger partial charge in [0.1, 0.15) is 0 Å². The molecule has 21 heavy (non-hydrogen) atoms. The minimum Gasteiger partial charge on any atom is -0.478 e. The predicted molar refractivity (Wildman–Crippen MR) is 68.1 cm³/mol. The fourth-order valence-electron chi connectivity index (χ4n) is 1.71. The van der Waals surface area contributed by atoms with E-state index in [2.05, 4.69) is 5.32 Å². The first-order chi connectivity index (χ1) is 9.38. The third-order valence-electron chi connectivity index (χ3n) is 2.63. The summed E-state index contributed by atoms with van der Waals surface area (Å²) in [6.07, 6.45) is -4.44. The second kappa shape index (κ2) is 6.72. The zero-order valence-corrected chi connectivity index (χ0v) is 13.8. The van der Waals surface area contributed by atoms with Gasteiger partial charge in [0, 0.05) is 25.2 Å². The summed E-state index contributed by atoms with van der Waals surface area (Å²) in [5, 5.41) is 11.7. The second-order valence-electron chi connectivity index (χ2n) is 4.05. The third-order valence-corrected chi connectivity index (χ3v) is 2.63. The molecule has 0 radical (unpaired) electrons. The Morgan fingerprint density at radius 2 is 1.71 bits per heavy atom. The van der Waals surface area contributed by atoms with E-state index in [1.54, 1.807) is 12.1 Å². The molecule has 0 aliphatic rings. The molecule has 0 spiro atoms. The standard InChI is InChI=1S/C14H10F3NO2.Zn/c15-14(16,17)9-4-3-5-10(8-9)18-12-7-2-1-6-11(12)13(19)20;/h1-8,18H,(H,19,20);. The molecule has 2 aromatic rings. The van der Waals surface area contributed by atoms with Gasteiger partial charge in [-0.25, -0.2) is 4.79 Å². The largest absolute Gasteiger partial charge is 0.478 e. The maximum Gasteiger partial charge on any atom is 0.416 e. The van der Waals surface area contributed by atoms with Crippen molar-refractivity contribution in [1.82, 2.24) is 0 Å². The van der Waals surface area contributed by atoms with E-state index in [-0.39, 0.29) is 36.4 Å². The molecule has 0 fully saturated rings. The van der Waals surface area contributed by atoms with Gasteiger partial charge in [0.25, 0.3) is 0 Å². The van der Waals surface area contributed by atoms with Crippen molar-refractivity contribution in [3.63, 3.8) is 0 Å². The smallest absolute Gasteiger partial charge is 0.416 e. The fraction of sp³-hybridized carbons (Fsp3) is 0.0714. The Morgan fingerprint density at radius 3 is 2.33 bits per heavy atom. The molecule has 0 unspecified atom stereocenters. The molecule has 2 aromatic carbocycles. The number of benzene rings is 2. The van der Waals surface area contributed by atoms with Crippen LogP contribution >= 0.6 is 0 Å². The van der Waals surface area contributed by atoms with Crippen molar-refractivity contribution in [3.8, 4) is 0 Å². The van der Waals surface area contributed by atoms with Crippen molar-refractivity contribution >= 4 is 17.3 Å². The van der Waals surface area contributed by atoms with Crippen molar-refractivity contribution in [2.45, 2.75) is 6.18 Å². The number of alkyl halides is 3. The number of carbonyl (C=O) groups is 1. The molecule has 0 saturated carbocycles. The number of rotatable bonds is 3. The maximum atomic E-state index is 12.6. The van der Waals surface area contributed by atoms with E-state index < -0.39 is 17.7 Å². The Bertz CT molecular complexity index is 644. The number of carboxylic acids is 1. The summed E-state index contributed by atoms with van der Waals surface area (Å²) in [4.78, 5) is 11.0. The number of nitrogens with one attached hydrogen (secondary N) is 1. The molecule has 0 aliphatic carbocycles. The Balaban J connectivity index is 0.00000220. The predicted octanol–water partition coefficient (Wildman–Crippen LogP) is 4.14. The van der Waals surface area contributed by atoms with Gasteiger partial charge in [0.05, 0.1) is 16.8 Å². The molecular formula is C14H10F3NO2Zn. The van der Waals surface area contributed by atoms with E-state index in [9.17, 15) is 18.0 Å². The van der Waals surface area contributed by atoms with E-state index in [4.69, 9.17) is 5.11 Å². The SMILES string of the molecule is O=C(O)c1ccccc1Nc1cccc(C(F)(F)F)c1.[Zn]. The summed E-state index contributed by atoms with van der Waals surface area (Å²) in [5.41, 5.74) is -0.395. The third kappa shape index (κ3) is 4.29. The van der Waals surface area contributed by atoms with Crippen molar-refractivity contribution in [2.75, 3.05) is 5.32 Å². The van der Waals surface area contributed by atoms with Crippen molar-refractivity contribution in [2.24, 2.45) is 0 Å². The van der Waals surface area contributed by atoms with Gasteiger partial charge in [-0.15, -0.1) is 0 Å². The average molecular weight is 347 g/mol. The van der Waals surface area contributed by atoms with Gasteiger partial charge in [-0.3, -0.25) is 0 Å². The molecule has 0 aliphatic heterocycles. The molecule has 0 aromatic heterocycles. The summed E-state index contributed by atoms with van der Waals surface area (Å²) >= 11 is 0. The topological polar surface area (TPSA) is 49.3 Å².